The van der Waals surface area contributed by atoms with Gasteiger partial charge < -0.3 is 10.5 Å². The van der Waals surface area contributed by atoms with Gasteiger partial charge in [0, 0.05) is 5.69 Å². The third kappa shape index (κ3) is 2.07. The molecule has 0 saturated heterocycles. The van der Waals surface area contributed by atoms with Crippen LogP contribution >= 0.6 is 0 Å². The third-order valence-electron chi connectivity index (χ3n) is 1.92. The Labute approximate surface area is 87.5 Å². The Morgan fingerprint density at radius 2 is 2.07 bits per heavy atom. The second-order valence-electron chi connectivity index (χ2n) is 3.03. The van der Waals surface area contributed by atoms with Crippen LogP contribution in [0.3, 0.4) is 0 Å². The molecule has 0 saturated carbocycles. The molecule has 5 heteroatoms. The summed E-state index contributed by atoms with van der Waals surface area (Å²) in [7, 11) is 0. The van der Waals surface area contributed by atoms with Crippen molar-refractivity contribution in [2.75, 3.05) is 12.3 Å². The zero-order valence-electron chi connectivity index (χ0n) is 8.42. The molecule has 0 amide bonds. The number of nitrogens with zero attached hydrogens (tertiary/aromatic N) is 3. The van der Waals surface area contributed by atoms with Gasteiger partial charge in [0.15, 0.2) is 0 Å². The number of hydrogen-bond donors (Lipinski definition) is 1. The van der Waals surface area contributed by atoms with E-state index in [-0.39, 0.29) is 0 Å². The van der Waals surface area contributed by atoms with Crippen LogP contribution in [-0.4, -0.2) is 21.6 Å². The molecule has 0 unspecified atom stereocenters. The topological polar surface area (TPSA) is 66.0 Å². The van der Waals surface area contributed by atoms with Crippen molar-refractivity contribution < 1.29 is 4.74 Å². The summed E-state index contributed by atoms with van der Waals surface area (Å²) in [5, 5.41) is 7.80. The van der Waals surface area contributed by atoms with Crippen molar-refractivity contribution in [3.8, 4) is 11.6 Å². The Bertz CT molecular complexity index is 435. The summed E-state index contributed by atoms with van der Waals surface area (Å²) in [6.07, 6.45) is 1.73. The van der Waals surface area contributed by atoms with E-state index < -0.39 is 0 Å². The predicted molar refractivity (Wildman–Crippen MR) is 56.9 cm³/mol. The smallest absolute Gasteiger partial charge is 0.253 e. The molecule has 0 bridgehead atoms. The first kappa shape index (κ1) is 9.51. The number of nitrogens with two attached hydrogens (primary N) is 1. The molecule has 0 spiro atoms. The number of benzene rings is 1. The highest BCUT2D eigenvalue weighted by Crippen LogP contribution is 2.12. The lowest BCUT2D eigenvalue weighted by Crippen LogP contribution is -1.95. The fourth-order valence-electron chi connectivity index (χ4n) is 1.22. The van der Waals surface area contributed by atoms with E-state index in [0.29, 0.717) is 12.5 Å². The monoisotopic (exact) mass is 204 g/mol. The van der Waals surface area contributed by atoms with Gasteiger partial charge in [-0.25, -0.2) is 4.68 Å². The molecule has 1 aromatic carbocycles. The van der Waals surface area contributed by atoms with Crippen molar-refractivity contribution in [3.63, 3.8) is 0 Å². The van der Waals surface area contributed by atoms with Crippen LogP contribution in [0.4, 0.5) is 5.69 Å². The highest BCUT2D eigenvalue weighted by molar-refractivity contribution is 5.44. The largest absolute Gasteiger partial charge is 0.476 e. The van der Waals surface area contributed by atoms with Gasteiger partial charge >= 0.3 is 0 Å². The lowest BCUT2D eigenvalue weighted by atomic mass is 10.3. The van der Waals surface area contributed by atoms with Gasteiger partial charge in [0.1, 0.15) is 0 Å². The minimum absolute atomic E-state index is 0.523. The summed E-state index contributed by atoms with van der Waals surface area (Å²) in [4.78, 5) is 0. The lowest BCUT2D eigenvalue weighted by molar-refractivity contribution is 0.326. The molecule has 1 heterocycles. The first-order valence-electron chi connectivity index (χ1n) is 4.70. The fraction of sp³-hybridized carbons (Fsp3) is 0.200. The van der Waals surface area contributed by atoms with Gasteiger partial charge in [-0.3, -0.25) is 0 Å². The summed E-state index contributed by atoms with van der Waals surface area (Å²) < 4.78 is 6.86. The Balaban J connectivity index is 2.25. The summed E-state index contributed by atoms with van der Waals surface area (Å²) in [5.74, 6) is 0.523. The maximum Gasteiger partial charge on any atom is 0.253 e. The second kappa shape index (κ2) is 4.00. The Morgan fingerprint density at radius 3 is 2.73 bits per heavy atom. The molecule has 78 valence electrons. The van der Waals surface area contributed by atoms with E-state index in [1.165, 1.54) is 0 Å². The molecular weight excluding hydrogens is 192 g/mol. The van der Waals surface area contributed by atoms with Crippen LogP contribution in [0.25, 0.3) is 5.69 Å². The fourth-order valence-corrected chi connectivity index (χ4v) is 1.22. The van der Waals surface area contributed by atoms with Gasteiger partial charge in [-0.05, 0) is 31.2 Å². The van der Waals surface area contributed by atoms with Crippen molar-refractivity contribution in [1.82, 2.24) is 15.0 Å². The minimum Gasteiger partial charge on any atom is -0.476 e. The van der Waals surface area contributed by atoms with E-state index in [1.807, 2.05) is 31.2 Å². The van der Waals surface area contributed by atoms with E-state index in [1.54, 1.807) is 10.9 Å². The molecule has 15 heavy (non-hydrogen) atoms. The Hall–Kier alpha value is -2.04. The van der Waals surface area contributed by atoms with E-state index >= 15 is 0 Å². The number of aromatic nitrogens is 3. The van der Waals surface area contributed by atoms with Gasteiger partial charge in [0.25, 0.3) is 5.88 Å². The molecule has 2 rings (SSSR count). The molecule has 0 fully saturated rings. The maximum absolute atomic E-state index is 5.59. The molecular formula is C10H12N4O. The molecule has 5 nitrogen and oxygen atoms in total. The number of anilines is 1. The summed E-state index contributed by atoms with van der Waals surface area (Å²) in [5.41, 5.74) is 7.22. The zero-order chi connectivity index (χ0) is 10.7. The highest BCUT2D eigenvalue weighted by Gasteiger charge is 2.02. The lowest BCUT2D eigenvalue weighted by Gasteiger charge is -1.99. The third-order valence-corrected chi connectivity index (χ3v) is 1.92. The van der Waals surface area contributed by atoms with Crippen molar-refractivity contribution in [2.45, 2.75) is 6.92 Å². The molecule has 0 aliphatic heterocycles. The predicted octanol–water partition coefficient (Wildman–Crippen LogP) is 1.25. The van der Waals surface area contributed by atoms with Crippen molar-refractivity contribution in [2.24, 2.45) is 0 Å². The van der Waals surface area contributed by atoms with E-state index in [9.17, 15) is 0 Å². The molecule has 1 aromatic heterocycles. The number of hydrogen-bond acceptors (Lipinski definition) is 4. The van der Waals surface area contributed by atoms with Gasteiger partial charge in [-0.1, -0.05) is 10.3 Å². The van der Waals surface area contributed by atoms with E-state index in [0.717, 1.165) is 11.4 Å². The first-order valence-corrected chi connectivity index (χ1v) is 4.70. The maximum atomic E-state index is 5.59. The summed E-state index contributed by atoms with van der Waals surface area (Å²) >= 11 is 0. The van der Waals surface area contributed by atoms with Crippen LogP contribution in [0.5, 0.6) is 5.88 Å². The van der Waals surface area contributed by atoms with Crippen LogP contribution in [0, 0.1) is 0 Å². The molecule has 2 aromatic rings. The van der Waals surface area contributed by atoms with Crippen LogP contribution in [0.2, 0.25) is 0 Å². The van der Waals surface area contributed by atoms with Crippen molar-refractivity contribution in [1.29, 1.82) is 0 Å². The second-order valence-corrected chi connectivity index (χ2v) is 3.03. The van der Waals surface area contributed by atoms with Crippen LogP contribution < -0.4 is 10.5 Å². The SMILES string of the molecule is CCOc1cn(-c2ccc(N)cc2)nn1. The van der Waals surface area contributed by atoms with Crippen LogP contribution in [0.1, 0.15) is 6.92 Å². The molecule has 2 N–H and O–H groups in total. The van der Waals surface area contributed by atoms with Crippen LogP contribution in [-0.2, 0) is 0 Å². The van der Waals surface area contributed by atoms with Gasteiger partial charge in [0.05, 0.1) is 18.5 Å². The molecule has 0 aliphatic rings. The normalized spacial score (nSPS) is 10.2. The zero-order valence-corrected chi connectivity index (χ0v) is 8.42. The van der Waals surface area contributed by atoms with Crippen LogP contribution in [0.15, 0.2) is 30.5 Å². The standard InChI is InChI=1S/C10H12N4O/c1-2-15-10-7-14(13-12-10)9-5-3-8(11)4-6-9/h3-7H,2,11H2,1H3. The number of ether oxygens (including phenoxy) is 1. The van der Waals surface area contributed by atoms with Crippen molar-refractivity contribution in [3.05, 3.63) is 30.5 Å². The first-order chi connectivity index (χ1) is 7.29. The molecule has 0 aliphatic carbocycles. The summed E-state index contributed by atoms with van der Waals surface area (Å²) in [6.45, 7) is 2.49. The average Bonchev–Trinajstić information content (AvgIpc) is 2.68. The summed E-state index contributed by atoms with van der Waals surface area (Å²) in [6, 6.07) is 7.38. The average molecular weight is 204 g/mol. The number of nitrogen functional groups attached to an aromatic ring is 1. The Kier molecular flexibility index (Phi) is 2.53. The van der Waals surface area contributed by atoms with Gasteiger partial charge in [-0.15, -0.1) is 0 Å². The minimum atomic E-state index is 0.523. The Morgan fingerprint density at radius 1 is 1.33 bits per heavy atom. The van der Waals surface area contributed by atoms with Crippen molar-refractivity contribution >= 4 is 5.69 Å². The highest BCUT2D eigenvalue weighted by atomic mass is 16.5. The van der Waals surface area contributed by atoms with E-state index in [2.05, 4.69) is 10.3 Å². The van der Waals surface area contributed by atoms with Gasteiger partial charge in [0.2, 0.25) is 0 Å². The molecule has 0 atom stereocenters. The van der Waals surface area contributed by atoms with Gasteiger partial charge in [-0.2, -0.15) is 0 Å². The quantitative estimate of drug-likeness (QED) is 0.764. The van der Waals surface area contributed by atoms with E-state index in [4.69, 9.17) is 10.5 Å². The molecule has 0 radical (unpaired) electrons. The number of rotatable bonds is 3.